The Balaban J connectivity index is 2.02. The standard InChI is InChI=1S/C21H20FN3O3/c1-14(2)25(17-8-10-18(28-3)11-9-17)21(27)20-19(26)12-13-24(23-20)16-6-4-15(22)5-7-16/h4-14H,1-3H3. The van der Waals surface area contributed by atoms with E-state index in [0.717, 1.165) is 0 Å². The number of hydrogen-bond donors (Lipinski definition) is 0. The average molecular weight is 381 g/mol. The average Bonchev–Trinajstić information content (AvgIpc) is 2.69. The molecule has 0 unspecified atom stereocenters. The summed E-state index contributed by atoms with van der Waals surface area (Å²) < 4.78 is 19.7. The number of hydrogen-bond acceptors (Lipinski definition) is 4. The third-order valence-electron chi connectivity index (χ3n) is 4.19. The number of carbonyl (C=O) groups excluding carboxylic acids is 1. The van der Waals surface area contributed by atoms with E-state index in [1.807, 2.05) is 13.8 Å². The van der Waals surface area contributed by atoms with Gasteiger partial charge in [-0.2, -0.15) is 5.10 Å². The van der Waals surface area contributed by atoms with Crippen LogP contribution < -0.4 is 15.1 Å². The summed E-state index contributed by atoms with van der Waals surface area (Å²) in [6, 6.07) is 13.7. The van der Waals surface area contributed by atoms with Crippen LogP contribution in [0, 0.1) is 5.82 Å². The zero-order valence-electron chi connectivity index (χ0n) is 15.8. The molecule has 0 aliphatic heterocycles. The first kappa shape index (κ1) is 19.3. The van der Waals surface area contributed by atoms with Crippen LogP contribution in [0.15, 0.2) is 65.6 Å². The lowest BCUT2D eigenvalue weighted by molar-refractivity contribution is 0.0972. The van der Waals surface area contributed by atoms with Crippen molar-refractivity contribution < 1.29 is 13.9 Å². The van der Waals surface area contributed by atoms with Crippen LogP contribution in [-0.4, -0.2) is 28.8 Å². The van der Waals surface area contributed by atoms with Crippen molar-refractivity contribution >= 4 is 11.6 Å². The fourth-order valence-corrected chi connectivity index (χ4v) is 2.80. The van der Waals surface area contributed by atoms with Gasteiger partial charge < -0.3 is 9.64 Å². The molecule has 144 valence electrons. The SMILES string of the molecule is COc1ccc(N(C(=O)c2nn(-c3ccc(F)cc3)ccc2=O)C(C)C)cc1. The Hall–Kier alpha value is -3.48. The Morgan fingerprint density at radius 2 is 1.71 bits per heavy atom. The number of aromatic nitrogens is 2. The molecule has 0 aliphatic carbocycles. The molecule has 0 saturated carbocycles. The van der Waals surface area contributed by atoms with Gasteiger partial charge in [0, 0.05) is 24.0 Å². The van der Waals surface area contributed by atoms with Crippen LogP contribution in [0.3, 0.4) is 0 Å². The summed E-state index contributed by atoms with van der Waals surface area (Å²) in [5.41, 5.74) is 0.467. The first-order valence-corrected chi connectivity index (χ1v) is 8.74. The molecule has 3 rings (SSSR count). The van der Waals surface area contributed by atoms with Crippen LogP contribution in [0.4, 0.5) is 10.1 Å². The van der Waals surface area contributed by atoms with E-state index < -0.39 is 11.3 Å². The number of carbonyl (C=O) groups is 1. The second-order valence-electron chi connectivity index (χ2n) is 6.42. The van der Waals surface area contributed by atoms with E-state index >= 15 is 0 Å². The lowest BCUT2D eigenvalue weighted by Crippen LogP contribution is -2.40. The fraction of sp³-hybridized carbons (Fsp3) is 0.190. The Bertz CT molecular complexity index is 1030. The van der Waals surface area contributed by atoms with Crippen LogP contribution in [0.5, 0.6) is 5.75 Å². The summed E-state index contributed by atoms with van der Waals surface area (Å²) in [6.45, 7) is 3.70. The van der Waals surface area contributed by atoms with Gasteiger partial charge in [-0.05, 0) is 62.4 Å². The predicted molar refractivity (Wildman–Crippen MR) is 105 cm³/mol. The summed E-state index contributed by atoms with van der Waals surface area (Å²) in [7, 11) is 1.56. The van der Waals surface area contributed by atoms with Crippen molar-refractivity contribution in [2.75, 3.05) is 12.0 Å². The molecule has 0 atom stereocenters. The molecule has 1 amide bonds. The van der Waals surface area contributed by atoms with Crippen molar-refractivity contribution in [3.8, 4) is 11.4 Å². The second kappa shape index (κ2) is 8.04. The van der Waals surface area contributed by atoms with Gasteiger partial charge in [0.05, 0.1) is 12.8 Å². The Kier molecular flexibility index (Phi) is 5.54. The normalized spacial score (nSPS) is 10.8. The van der Waals surface area contributed by atoms with Crippen LogP contribution in [-0.2, 0) is 0 Å². The second-order valence-corrected chi connectivity index (χ2v) is 6.42. The minimum Gasteiger partial charge on any atom is -0.497 e. The molecule has 6 nitrogen and oxygen atoms in total. The highest BCUT2D eigenvalue weighted by atomic mass is 19.1. The topological polar surface area (TPSA) is 64.4 Å². The van der Waals surface area contributed by atoms with Gasteiger partial charge >= 0.3 is 0 Å². The van der Waals surface area contributed by atoms with Crippen LogP contribution >= 0.6 is 0 Å². The van der Waals surface area contributed by atoms with Crippen LogP contribution in [0.25, 0.3) is 5.69 Å². The van der Waals surface area contributed by atoms with Gasteiger partial charge in [0.15, 0.2) is 5.69 Å². The molecular weight excluding hydrogens is 361 g/mol. The number of anilines is 1. The van der Waals surface area contributed by atoms with Gasteiger partial charge in [-0.15, -0.1) is 0 Å². The number of methoxy groups -OCH3 is 1. The highest BCUT2D eigenvalue weighted by Gasteiger charge is 2.25. The van der Waals surface area contributed by atoms with E-state index in [9.17, 15) is 14.0 Å². The van der Waals surface area contributed by atoms with E-state index in [0.29, 0.717) is 17.1 Å². The van der Waals surface area contributed by atoms with Gasteiger partial charge in [-0.3, -0.25) is 9.59 Å². The van der Waals surface area contributed by atoms with Crippen molar-refractivity contribution in [1.82, 2.24) is 9.78 Å². The number of ether oxygens (including phenoxy) is 1. The number of nitrogens with zero attached hydrogens (tertiary/aromatic N) is 3. The maximum Gasteiger partial charge on any atom is 0.283 e. The van der Waals surface area contributed by atoms with Crippen LogP contribution in [0.2, 0.25) is 0 Å². The molecule has 0 fully saturated rings. The Morgan fingerprint density at radius 3 is 2.29 bits per heavy atom. The summed E-state index contributed by atoms with van der Waals surface area (Å²) in [6.07, 6.45) is 1.44. The van der Waals surface area contributed by atoms with Crippen LogP contribution in [0.1, 0.15) is 24.3 Å². The molecule has 1 heterocycles. The van der Waals surface area contributed by atoms with Gasteiger partial charge in [0.1, 0.15) is 11.6 Å². The minimum absolute atomic E-state index is 0.207. The zero-order valence-corrected chi connectivity index (χ0v) is 15.8. The Morgan fingerprint density at radius 1 is 1.07 bits per heavy atom. The lowest BCUT2D eigenvalue weighted by atomic mass is 10.2. The van der Waals surface area contributed by atoms with E-state index in [1.54, 1.807) is 31.4 Å². The molecule has 28 heavy (non-hydrogen) atoms. The predicted octanol–water partition coefficient (Wildman–Crippen LogP) is 3.44. The van der Waals surface area contributed by atoms with Gasteiger partial charge in [0.2, 0.25) is 5.43 Å². The molecule has 1 aromatic heterocycles. The quantitative estimate of drug-likeness (QED) is 0.679. The first-order valence-electron chi connectivity index (χ1n) is 8.74. The molecule has 0 spiro atoms. The smallest absolute Gasteiger partial charge is 0.283 e. The van der Waals surface area contributed by atoms with Crippen molar-refractivity contribution in [2.45, 2.75) is 19.9 Å². The molecular formula is C21H20FN3O3. The largest absolute Gasteiger partial charge is 0.497 e. The van der Waals surface area contributed by atoms with E-state index in [2.05, 4.69) is 5.10 Å². The third-order valence-corrected chi connectivity index (χ3v) is 4.19. The van der Waals surface area contributed by atoms with E-state index in [-0.39, 0.29) is 17.6 Å². The molecule has 2 aromatic carbocycles. The molecule has 7 heteroatoms. The van der Waals surface area contributed by atoms with Gasteiger partial charge in [-0.1, -0.05) is 0 Å². The van der Waals surface area contributed by atoms with E-state index in [4.69, 9.17) is 4.74 Å². The minimum atomic E-state index is -0.512. The molecule has 0 radical (unpaired) electrons. The van der Waals surface area contributed by atoms with Crippen molar-refractivity contribution in [1.29, 1.82) is 0 Å². The monoisotopic (exact) mass is 381 g/mol. The highest BCUT2D eigenvalue weighted by Crippen LogP contribution is 2.22. The summed E-state index contributed by atoms with van der Waals surface area (Å²) in [5, 5.41) is 4.20. The lowest BCUT2D eigenvalue weighted by Gasteiger charge is -2.26. The third kappa shape index (κ3) is 3.93. The number of benzene rings is 2. The van der Waals surface area contributed by atoms with Crippen molar-refractivity contribution in [3.63, 3.8) is 0 Å². The maximum absolute atomic E-state index is 13.2. The zero-order chi connectivity index (χ0) is 20.3. The highest BCUT2D eigenvalue weighted by molar-refractivity contribution is 6.05. The van der Waals surface area contributed by atoms with Gasteiger partial charge in [0.25, 0.3) is 5.91 Å². The van der Waals surface area contributed by atoms with Gasteiger partial charge in [-0.25, -0.2) is 9.07 Å². The van der Waals surface area contributed by atoms with E-state index in [1.165, 1.54) is 46.1 Å². The number of rotatable bonds is 5. The summed E-state index contributed by atoms with van der Waals surface area (Å²) in [5.74, 6) is -0.232. The molecule has 0 N–H and O–H groups in total. The van der Waals surface area contributed by atoms with Crippen molar-refractivity contribution in [3.05, 3.63) is 82.5 Å². The number of halogens is 1. The fourth-order valence-electron chi connectivity index (χ4n) is 2.80. The van der Waals surface area contributed by atoms with Crippen molar-refractivity contribution in [2.24, 2.45) is 0 Å². The number of amides is 1. The summed E-state index contributed by atoms with van der Waals surface area (Å²) >= 11 is 0. The Labute approximate surface area is 161 Å². The molecule has 0 aliphatic rings. The molecule has 3 aromatic rings. The molecule has 0 saturated heterocycles. The molecule has 0 bridgehead atoms. The maximum atomic E-state index is 13.2. The summed E-state index contributed by atoms with van der Waals surface area (Å²) in [4.78, 5) is 27.0. The first-order chi connectivity index (χ1) is 13.4.